The molecule has 3 rings (SSSR count). The van der Waals surface area contributed by atoms with Crippen LogP contribution in [-0.2, 0) is 11.8 Å². The molecule has 0 saturated carbocycles. The second-order valence-corrected chi connectivity index (χ2v) is 6.22. The molecule has 6 heteroatoms. The Morgan fingerprint density at radius 1 is 1.17 bits per heavy atom. The Balaban J connectivity index is 1.53. The first kappa shape index (κ1) is 16.4. The number of aromatic nitrogens is 2. The average molecular weight is 328 g/mol. The van der Waals surface area contributed by atoms with Crippen molar-refractivity contribution in [1.82, 2.24) is 14.5 Å². The summed E-state index contributed by atoms with van der Waals surface area (Å²) in [6, 6.07) is 5.99. The van der Waals surface area contributed by atoms with Crippen molar-refractivity contribution < 1.29 is 9.53 Å². The van der Waals surface area contributed by atoms with Gasteiger partial charge < -0.3 is 19.1 Å². The van der Waals surface area contributed by atoms with E-state index in [1.165, 1.54) is 0 Å². The van der Waals surface area contributed by atoms with Gasteiger partial charge in [-0.25, -0.2) is 4.98 Å². The third-order valence-electron chi connectivity index (χ3n) is 4.46. The molecule has 1 fully saturated rings. The van der Waals surface area contributed by atoms with E-state index >= 15 is 0 Å². The standard InChI is InChI=1S/C18H24N4O2/c1-14-5-4-6-15(2)17(14)24-13-16(23)21-9-11-22(12-10-21)18-19-7-8-20(18)3/h4-8H,9-13H2,1-3H3. The highest BCUT2D eigenvalue weighted by molar-refractivity contribution is 5.78. The SMILES string of the molecule is Cc1cccc(C)c1OCC(=O)N1CCN(c2nccn2C)CC1. The molecule has 1 amide bonds. The molecule has 0 N–H and O–H groups in total. The van der Waals surface area contributed by atoms with Gasteiger partial charge in [0, 0.05) is 45.6 Å². The van der Waals surface area contributed by atoms with Crippen molar-refractivity contribution >= 4 is 11.9 Å². The van der Waals surface area contributed by atoms with Gasteiger partial charge in [-0.1, -0.05) is 18.2 Å². The maximum Gasteiger partial charge on any atom is 0.260 e. The van der Waals surface area contributed by atoms with Gasteiger partial charge in [0.05, 0.1) is 0 Å². The van der Waals surface area contributed by atoms with Crippen LogP contribution in [0.15, 0.2) is 30.6 Å². The lowest BCUT2D eigenvalue weighted by Crippen LogP contribution is -2.50. The van der Waals surface area contributed by atoms with E-state index in [4.69, 9.17) is 4.74 Å². The number of imidazole rings is 1. The molecule has 0 aliphatic carbocycles. The normalized spacial score (nSPS) is 14.8. The van der Waals surface area contributed by atoms with Crippen molar-refractivity contribution in [2.75, 3.05) is 37.7 Å². The minimum Gasteiger partial charge on any atom is -0.483 e. The molecule has 0 spiro atoms. The van der Waals surface area contributed by atoms with Gasteiger partial charge in [0.25, 0.3) is 5.91 Å². The Morgan fingerprint density at radius 2 is 1.83 bits per heavy atom. The van der Waals surface area contributed by atoms with E-state index in [0.717, 1.165) is 35.9 Å². The molecular weight excluding hydrogens is 304 g/mol. The van der Waals surface area contributed by atoms with E-state index in [-0.39, 0.29) is 12.5 Å². The van der Waals surface area contributed by atoms with Crippen LogP contribution < -0.4 is 9.64 Å². The molecule has 2 heterocycles. The zero-order valence-electron chi connectivity index (χ0n) is 14.5. The minimum absolute atomic E-state index is 0.0390. The Morgan fingerprint density at radius 3 is 2.42 bits per heavy atom. The average Bonchev–Trinajstić information content (AvgIpc) is 3.00. The topological polar surface area (TPSA) is 50.6 Å². The maximum absolute atomic E-state index is 12.4. The third kappa shape index (κ3) is 3.37. The molecule has 1 aliphatic heterocycles. The van der Waals surface area contributed by atoms with Crippen LogP contribution in [0.3, 0.4) is 0 Å². The lowest BCUT2D eigenvalue weighted by Gasteiger charge is -2.35. The van der Waals surface area contributed by atoms with Gasteiger partial charge in [-0.3, -0.25) is 4.79 Å². The second-order valence-electron chi connectivity index (χ2n) is 6.22. The highest BCUT2D eigenvalue weighted by atomic mass is 16.5. The number of hydrogen-bond acceptors (Lipinski definition) is 4. The number of ether oxygens (including phenoxy) is 1. The fourth-order valence-corrected chi connectivity index (χ4v) is 3.07. The Bertz CT molecular complexity index is 697. The van der Waals surface area contributed by atoms with Gasteiger partial charge >= 0.3 is 0 Å². The first-order valence-corrected chi connectivity index (χ1v) is 8.25. The Hall–Kier alpha value is -2.50. The summed E-state index contributed by atoms with van der Waals surface area (Å²) in [6.07, 6.45) is 3.73. The fraction of sp³-hybridized carbons (Fsp3) is 0.444. The number of carbonyl (C=O) groups excluding carboxylic acids is 1. The number of nitrogens with zero attached hydrogens (tertiary/aromatic N) is 4. The Labute approximate surface area is 142 Å². The summed E-state index contributed by atoms with van der Waals surface area (Å²) in [7, 11) is 1.98. The molecule has 1 aliphatic rings. The van der Waals surface area contributed by atoms with Crippen molar-refractivity contribution in [2.45, 2.75) is 13.8 Å². The van der Waals surface area contributed by atoms with Crippen LogP contribution in [-0.4, -0.2) is 53.1 Å². The van der Waals surface area contributed by atoms with Crippen LogP contribution >= 0.6 is 0 Å². The quantitative estimate of drug-likeness (QED) is 0.858. The van der Waals surface area contributed by atoms with Crippen molar-refractivity contribution in [3.63, 3.8) is 0 Å². The van der Waals surface area contributed by atoms with Crippen molar-refractivity contribution in [3.05, 3.63) is 41.7 Å². The summed E-state index contributed by atoms with van der Waals surface area (Å²) in [5.74, 6) is 1.81. The van der Waals surface area contributed by atoms with E-state index in [1.807, 2.05) is 54.8 Å². The van der Waals surface area contributed by atoms with Gasteiger partial charge in [-0.2, -0.15) is 0 Å². The van der Waals surface area contributed by atoms with Crippen molar-refractivity contribution in [1.29, 1.82) is 0 Å². The zero-order valence-corrected chi connectivity index (χ0v) is 14.5. The zero-order chi connectivity index (χ0) is 17.1. The molecule has 1 saturated heterocycles. The summed E-state index contributed by atoms with van der Waals surface area (Å²) in [6.45, 7) is 7.06. The Kier molecular flexibility index (Phi) is 4.74. The summed E-state index contributed by atoms with van der Waals surface area (Å²) in [5, 5.41) is 0. The smallest absolute Gasteiger partial charge is 0.260 e. The summed E-state index contributed by atoms with van der Waals surface area (Å²) >= 11 is 0. The molecule has 0 radical (unpaired) electrons. The van der Waals surface area contributed by atoms with Gasteiger partial charge in [0.15, 0.2) is 6.61 Å². The second kappa shape index (κ2) is 6.95. The van der Waals surface area contributed by atoms with Crippen LogP contribution in [0.2, 0.25) is 0 Å². The largest absolute Gasteiger partial charge is 0.483 e. The molecule has 2 aromatic rings. The molecule has 6 nitrogen and oxygen atoms in total. The minimum atomic E-state index is 0.0390. The molecule has 1 aromatic heterocycles. The summed E-state index contributed by atoms with van der Waals surface area (Å²) in [4.78, 5) is 20.9. The van der Waals surface area contributed by atoms with Crippen molar-refractivity contribution in [2.24, 2.45) is 7.05 Å². The molecule has 0 atom stereocenters. The molecule has 0 bridgehead atoms. The van der Waals surface area contributed by atoms with Gasteiger partial charge in [-0.15, -0.1) is 0 Å². The van der Waals surface area contributed by atoms with E-state index in [1.54, 1.807) is 6.20 Å². The maximum atomic E-state index is 12.4. The van der Waals surface area contributed by atoms with E-state index in [0.29, 0.717) is 13.1 Å². The van der Waals surface area contributed by atoms with Crippen LogP contribution in [0.4, 0.5) is 5.95 Å². The predicted octanol–water partition coefficient (Wildman–Crippen LogP) is 1.76. The van der Waals surface area contributed by atoms with Gasteiger partial charge in [-0.05, 0) is 25.0 Å². The third-order valence-corrected chi connectivity index (χ3v) is 4.46. The number of piperazine rings is 1. The number of aryl methyl sites for hydroxylation is 3. The van der Waals surface area contributed by atoms with E-state index in [9.17, 15) is 4.79 Å². The summed E-state index contributed by atoms with van der Waals surface area (Å²) < 4.78 is 7.78. The predicted molar refractivity (Wildman–Crippen MR) is 93.4 cm³/mol. The van der Waals surface area contributed by atoms with Crippen molar-refractivity contribution in [3.8, 4) is 5.75 Å². The summed E-state index contributed by atoms with van der Waals surface area (Å²) in [5.41, 5.74) is 2.12. The fourth-order valence-electron chi connectivity index (χ4n) is 3.07. The monoisotopic (exact) mass is 328 g/mol. The molecular formula is C18H24N4O2. The first-order valence-electron chi connectivity index (χ1n) is 8.25. The van der Waals surface area contributed by atoms with Crippen LogP contribution in [0, 0.1) is 13.8 Å². The molecule has 24 heavy (non-hydrogen) atoms. The lowest BCUT2D eigenvalue weighted by atomic mass is 10.1. The number of para-hydroxylation sites is 1. The highest BCUT2D eigenvalue weighted by Gasteiger charge is 2.23. The molecule has 0 unspecified atom stereocenters. The van der Waals surface area contributed by atoms with Gasteiger partial charge in [0.1, 0.15) is 5.75 Å². The van der Waals surface area contributed by atoms with E-state index < -0.39 is 0 Å². The van der Waals surface area contributed by atoms with Gasteiger partial charge in [0.2, 0.25) is 5.95 Å². The molecule has 128 valence electrons. The number of rotatable bonds is 4. The first-order chi connectivity index (χ1) is 11.6. The number of hydrogen-bond donors (Lipinski definition) is 0. The van der Waals surface area contributed by atoms with Crippen LogP contribution in [0.5, 0.6) is 5.75 Å². The highest BCUT2D eigenvalue weighted by Crippen LogP contribution is 2.22. The number of benzene rings is 1. The number of anilines is 1. The number of carbonyl (C=O) groups is 1. The lowest BCUT2D eigenvalue weighted by molar-refractivity contribution is -0.133. The molecule has 1 aromatic carbocycles. The van der Waals surface area contributed by atoms with Crippen LogP contribution in [0.1, 0.15) is 11.1 Å². The van der Waals surface area contributed by atoms with E-state index in [2.05, 4.69) is 9.88 Å². The van der Waals surface area contributed by atoms with Crippen LogP contribution in [0.25, 0.3) is 0 Å². The number of amides is 1.